The van der Waals surface area contributed by atoms with Gasteiger partial charge in [0.15, 0.2) is 0 Å². The molecule has 4 rings (SSSR count). The van der Waals surface area contributed by atoms with Crippen LogP contribution < -0.4 is 14.8 Å². The van der Waals surface area contributed by atoms with Crippen molar-refractivity contribution >= 4 is 22.6 Å². The van der Waals surface area contributed by atoms with Crippen LogP contribution in [-0.4, -0.2) is 30.1 Å². The summed E-state index contributed by atoms with van der Waals surface area (Å²) in [6.45, 7) is 4.89. The third kappa shape index (κ3) is 5.61. The number of esters is 1. The van der Waals surface area contributed by atoms with Crippen LogP contribution in [0.2, 0.25) is 0 Å². The van der Waals surface area contributed by atoms with Crippen molar-refractivity contribution in [2.45, 2.75) is 20.3 Å². The fraction of sp³-hybridized carbons (Fsp3) is 0.172. The summed E-state index contributed by atoms with van der Waals surface area (Å²) < 4.78 is 11.2. The minimum atomic E-state index is -0.540. The number of carbonyl (C=O) groups excluding carboxylic acids is 2. The van der Waals surface area contributed by atoms with Gasteiger partial charge < -0.3 is 19.9 Å². The number of para-hydroxylation sites is 1. The molecule has 1 amide bonds. The Morgan fingerprint density at radius 2 is 1.66 bits per heavy atom. The molecule has 0 saturated carbocycles. The zero-order valence-electron chi connectivity index (χ0n) is 19.7. The molecule has 2 N–H and O–H groups in total. The summed E-state index contributed by atoms with van der Waals surface area (Å²) in [6.07, 6.45) is 0.614. The van der Waals surface area contributed by atoms with Gasteiger partial charge >= 0.3 is 5.97 Å². The van der Waals surface area contributed by atoms with Gasteiger partial charge in [-0.3, -0.25) is 4.79 Å². The number of phenolic OH excluding ortho intramolecular Hbond substituents is 1. The smallest absolute Gasteiger partial charge is 0.344 e. The highest BCUT2D eigenvalue weighted by Gasteiger charge is 2.18. The second kappa shape index (κ2) is 10.7. The fourth-order valence-corrected chi connectivity index (χ4v) is 3.87. The summed E-state index contributed by atoms with van der Waals surface area (Å²) >= 11 is 0. The van der Waals surface area contributed by atoms with Crippen molar-refractivity contribution in [1.82, 2.24) is 5.32 Å². The van der Waals surface area contributed by atoms with Crippen LogP contribution in [0.5, 0.6) is 17.2 Å². The molecule has 6 heteroatoms. The minimum absolute atomic E-state index is 0.140. The maximum atomic E-state index is 12.7. The van der Waals surface area contributed by atoms with Gasteiger partial charge in [-0.05, 0) is 61.5 Å². The molecule has 0 heterocycles. The van der Waals surface area contributed by atoms with Gasteiger partial charge in [0, 0.05) is 11.9 Å². The van der Waals surface area contributed by atoms with E-state index < -0.39 is 11.9 Å². The zero-order valence-corrected chi connectivity index (χ0v) is 19.7. The Morgan fingerprint density at radius 1 is 0.857 bits per heavy atom. The Hall–Kier alpha value is -4.32. The van der Waals surface area contributed by atoms with Crippen LogP contribution in [0.3, 0.4) is 0 Å². The van der Waals surface area contributed by atoms with Gasteiger partial charge in [-0.15, -0.1) is 0 Å². The second-order valence-electron chi connectivity index (χ2n) is 8.29. The Bertz CT molecular complexity index is 1360. The molecular formula is C29H27NO5. The predicted molar refractivity (Wildman–Crippen MR) is 135 cm³/mol. The molecular weight excluding hydrogens is 442 g/mol. The maximum absolute atomic E-state index is 12.7. The average Bonchev–Trinajstić information content (AvgIpc) is 2.85. The molecule has 4 aromatic rings. The first-order valence-electron chi connectivity index (χ1n) is 11.4. The van der Waals surface area contributed by atoms with E-state index in [9.17, 15) is 14.7 Å². The molecule has 0 aliphatic heterocycles. The first-order valence-corrected chi connectivity index (χ1v) is 11.4. The third-order valence-electron chi connectivity index (χ3n) is 5.65. The highest BCUT2D eigenvalue weighted by Crippen LogP contribution is 2.31. The van der Waals surface area contributed by atoms with Gasteiger partial charge in [0.05, 0.1) is 17.7 Å². The minimum Gasteiger partial charge on any atom is -0.506 e. The summed E-state index contributed by atoms with van der Waals surface area (Å²) in [6, 6.07) is 22.9. The Morgan fingerprint density at radius 3 is 2.43 bits per heavy atom. The normalized spacial score (nSPS) is 10.7. The van der Waals surface area contributed by atoms with Crippen molar-refractivity contribution in [3.05, 3.63) is 101 Å². The number of hydrogen-bond donors (Lipinski definition) is 2. The molecule has 35 heavy (non-hydrogen) atoms. The summed E-state index contributed by atoms with van der Waals surface area (Å²) in [7, 11) is 0. The van der Waals surface area contributed by atoms with E-state index in [1.807, 2.05) is 32.0 Å². The lowest BCUT2D eigenvalue weighted by molar-refractivity contribution is 0.0736. The lowest BCUT2D eigenvalue weighted by atomic mass is 10.0. The van der Waals surface area contributed by atoms with Crippen LogP contribution >= 0.6 is 0 Å². The SMILES string of the molecule is Cc1ccc(OCCCNC(=O)c2ccc3c(C(=O)Oc4ccccc4)cccc3c2O)c(C)c1. The number of aryl methyl sites for hydroxylation is 2. The van der Waals surface area contributed by atoms with E-state index in [0.717, 1.165) is 11.3 Å². The van der Waals surface area contributed by atoms with E-state index in [1.54, 1.807) is 48.5 Å². The Balaban J connectivity index is 1.39. The molecule has 6 nitrogen and oxygen atoms in total. The molecule has 0 fully saturated rings. The van der Waals surface area contributed by atoms with E-state index in [4.69, 9.17) is 9.47 Å². The summed E-state index contributed by atoms with van der Waals surface area (Å²) in [5.74, 6) is 0.142. The quantitative estimate of drug-likeness (QED) is 0.200. The van der Waals surface area contributed by atoms with Gasteiger partial charge in [0.2, 0.25) is 0 Å². The number of fused-ring (bicyclic) bond motifs is 1. The van der Waals surface area contributed by atoms with Crippen molar-refractivity contribution < 1.29 is 24.2 Å². The Kier molecular flexibility index (Phi) is 7.31. The van der Waals surface area contributed by atoms with Crippen molar-refractivity contribution in [1.29, 1.82) is 0 Å². The largest absolute Gasteiger partial charge is 0.506 e. The lowest BCUT2D eigenvalue weighted by Gasteiger charge is -2.12. The molecule has 0 aliphatic rings. The van der Waals surface area contributed by atoms with Crippen LogP contribution in [-0.2, 0) is 0 Å². The van der Waals surface area contributed by atoms with E-state index in [-0.39, 0.29) is 11.3 Å². The number of phenols is 1. The van der Waals surface area contributed by atoms with E-state index in [2.05, 4.69) is 11.4 Å². The lowest BCUT2D eigenvalue weighted by Crippen LogP contribution is -2.25. The monoisotopic (exact) mass is 469 g/mol. The molecule has 0 atom stereocenters. The van der Waals surface area contributed by atoms with Gasteiger partial charge in [0.25, 0.3) is 5.91 Å². The molecule has 0 aromatic heterocycles. The number of benzene rings is 4. The third-order valence-corrected chi connectivity index (χ3v) is 5.65. The molecule has 178 valence electrons. The number of carbonyl (C=O) groups is 2. The van der Waals surface area contributed by atoms with Gasteiger partial charge in [-0.25, -0.2) is 4.79 Å². The van der Waals surface area contributed by atoms with Crippen molar-refractivity contribution in [3.63, 3.8) is 0 Å². The number of nitrogens with one attached hydrogen (secondary N) is 1. The van der Waals surface area contributed by atoms with Crippen LogP contribution in [0.4, 0.5) is 0 Å². The number of aromatic hydroxyl groups is 1. The highest BCUT2D eigenvalue weighted by molar-refractivity contribution is 6.10. The first-order chi connectivity index (χ1) is 16.9. The summed E-state index contributed by atoms with van der Waals surface area (Å²) in [5, 5.41) is 14.5. The van der Waals surface area contributed by atoms with Crippen molar-refractivity contribution in [2.75, 3.05) is 13.2 Å². The maximum Gasteiger partial charge on any atom is 0.344 e. The molecule has 0 radical (unpaired) electrons. The van der Waals surface area contributed by atoms with Crippen LogP contribution in [0.25, 0.3) is 10.8 Å². The molecule has 0 spiro atoms. The number of hydrogen-bond acceptors (Lipinski definition) is 5. The highest BCUT2D eigenvalue weighted by atomic mass is 16.5. The fourth-order valence-electron chi connectivity index (χ4n) is 3.87. The second-order valence-corrected chi connectivity index (χ2v) is 8.29. The zero-order chi connectivity index (χ0) is 24.8. The van der Waals surface area contributed by atoms with E-state index in [1.165, 1.54) is 11.6 Å². The standard InChI is InChI=1S/C29H27NO5/c1-19-12-15-26(20(2)18-19)34-17-7-16-30-28(32)25-14-13-22-23(27(25)31)10-6-11-24(22)29(33)35-21-8-4-3-5-9-21/h3-6,8-15,18,31H,7,16-17H2,1-2H3,(H,30,32). The molecule has 0 saturated heterocycles. The van der Waals surface area contributed by atoms with Gasteiger partial charge in [-0.1, -0.05) is 54.1 Å². The average molecular weight is 470 g/mol. The molecule has 0 bridgehead atoms. The number of amides is 1. The topological polar surface area (TPSA) is 84.9 Å². The number of ether oxygens (including phenoxy) is 2. The molecule has 0 aliphatic carbocycles. The van der Waals surface area contributed by atoms with Crippen LogP contribution in [0.15, 0.2) is 78.9 Å². The summed E-state index contributed by atoms with van der Waals surface area (Å²) in [4.78, 5) is 25.4. The molecule has 4 aromatic carbocycles. The van der Waals surface area contributed by atoms with Gasteiger partial charge in [-0.2, -0.15) is 0 Å². The molecule has 0 unspecified atom stereocenters. The Labute approximate surface area is 204 Å². The van der Waals surface area contributed by atoms with Crippen molar-refractivity contribution in [3.8, 4) is 17.2 Å². The summed E-state index contributed by atoms with van der Waals surface area (Å²) in [5.41, 5.74) is 2.69. The number of rotatable bonds is 8. The van der Waals surface area contributed by atoms with Gasteiger partial charge in [0.1, 0.15) is 17.2 Å². The first kappa shape index (κ1) is 23.8. The predicted octanol–water partition coefficient (Wildman–Crippen LogP) is 5.58. The van der Waals surface area contributed by atoms with E-state index in [0.29, 0.717) is 41.7 Å². The van der Waals surface area contributed by atoms with Crippen LogP contribution in [0, 0.1) is 13.8 Å². The van der Waals surface area contributed by atoms with E-state index >= 15 is 0 Å². The van der Waals surface area contributed by atoms with Crippen molar-refractivity contribution in [2.24, 2.45) is 0 Å². The van der Waals surface area contributed by atoms with Crippen LogP contribution in [0.1, 0.15) is 38.3 Å².